The Bertz CT molecular complexity index is 586. The highest BCUT2D eigenvalue weighted by Gasteiger charge is 2.32. The molecule has 1 aromatic carbocycles. The van der Waals surface area contributed by atoms with E-state index in [9.17, 15) is 9.59 Å². The van der Waals surface area contributed by atoms with Crippen molar-refractivity contribution in [1.82, 2.24) is 4.90 Å². The summed E-state index contributed by atoms with van der Waals surface area (Å²) in [4.78, 5) is 27.3. The second-order valence-corrected chi connectivity index (χ2v) is 8.38. The molecule has 0 aromatic heterocycles. The van der Waals surface area contributed by atoms with Gasteiger partial charge in [-0.15, -0.1) is 0 Å². The number of nitrogens with zero attached hydrogens (tertiary/aromatic N) is 1. The Morgan fingerprint density at radius 3 is 1.88 bits per heavy atom. The van der Waals surface area contributed by atoms with E-state index in [0.29, 0.717) is 17.6 Å². The monoisotopic (exact) mass is 421 g/mol. The fourth-order valence-electron chi connectivity index (χ4n) is 4.29. The van der Waals surface area contributed by atoms with Crippen LogP contribution in [0.1, 0.15) is 74.6 Å². The van der Waals surface area contributed by atoms with Gasteiger partial charge in [0.05, 0.1) is 5.56 Å². The lowest BCUT2D eigenvalue weighted by atomic mass is 9.88. The minimum Gasteiger partial charge on any atom is -0.452 e. The minimum absolute atomic E-state index is 0.0192. The first-order valence-electron chi connectivity index (χ1n) is 9.89. The van der Waals surface area contributed by atoms with Crippen molar-refractivity contribution in [2.45, 2.75) is 76.3 Å². The van der Waals surface area contributed by atoms with Crippen LogP contribution in [0.5, 0.6) is 0 Å². The van der Waals surface area contributed by atoms with E-state index in [1.807, 2.05) is 0 Å². The summed E-state index contributed by atoms with van der Waals surface area (Å²) in [5, 5.41) is 0. The molecule has 1 aromatic rings. The molecule has 2 aliphatic carbocycles. The molecule has 2 saturated carbocycles. The van der Waals surface area contributed by atoms with Crippen LogP contribution < -0.4 is 0 Å². The van der Waals surface area contributed by atoms with Gasteiger partial charge in [-0.1, -0.05) is 54.5 Å². The van der Waals surface area contributed by atoms with Crippen LogP contribution in [-0.2, 0) is 9.53 Å². The molecule has 3 rings (SSSR count). The summed E-state index contributed by atoms with van der Waals surface area (Å²) in [7, 11) is 0. The Labute approximate surface area is 164 Å². The van der Waals surface area contributed by atoms with Crippen molar-refractivity contribution in [1.29, 1.82) is 0 Å². The van der Waals surface area contributed by atoms with E-state index in [1.165, 1.54) is 38.5 Å². The lowest BCUT2D eigenvalue weighted by molar-refractivity contribution is -0.141. The highest BCUT2D eigenvalue weighted by Crippen LogP contribution is 2.30. The minimum atomic E-state index is -0.432. The van der Waals surface area contributed by atoms with E-state index in [4.69, 9.17) is 4.74 Å². The van der Waals surface area contributed by atoms with Gasteiger partial charge in [0.15, 0.2) is 6.61 Å². The standard InChI is InChI=1S/C21H28BrNO3/c22-17-13-11-16(12-14-17)21(25)26-15-20(24)23(18-7-3-1-4-8-18)19-9-5-2-6-10-19/h11-14,18-19H,1-10,15H2. The number of hydrogen-bond acceptors (Lipinski definition) is 3. The third kappa shape index (κ3) is 5.09. The zero-order valence-electron chi connectivity index (χ0n) is 15.3. The van der Waals surface area contributed by atoms with Gasteiger partial charge in [-0.3, -0.25) is 4.79 Å². The number of ether oxygens (including phenoxy) is 1. The second-order valence-electron chi connectivity index (χ2n) is 7.47. The Morgan fingerprint density at radius 1 is 0.885 bits per heavy atom. The molecular formula is C21H28BrNO3. The summed E-state index contributed by atoms with van der Waals surface area (Å²) in [5.74, 6) is -0.452. The molecular weight excluding hydrogens is 394 g/mol. The zero-order chi connectivity index (χ0) is 18.4. The summed E-state index contributed by atoms with van der Waals surface area (Å²) >= 11 is 3.35. The Balaban J connectivity index is 1.62. The molecule has 26 heavy (non-hydrogen) atoms. The summed E-state index contributed by atoms with van der Waals surface area (Å²) in [5.41, 5.74) is 0.475. The van der Waals surface area contributed by atoms with Gasteiger partial charge in [0.1, 0.15) is 0 Å². The van der Waals surface area contributed by atoms with E-state index >= 15 is 0 Å². The Morgan fingerprint density at radius 2 is 1.38 bits per heavy atom. The fourth-order valence-corrected chi connectivity index (χ4v) is 4.56. The third-order valence-electron chi connectivity index (χ3n) is 5.63. The predicted octanol–water partition coefficient (Wildman–Crippen LogP) is 5.10. The second kappa shape index (κ2) is 9.54. The van der Waals surface area contributed by atoms with Gasteiger partial charge in [-0.05, 0) is 49.9 Å². The van der Waals surface area contributed by atoms with Crippen LogP contribution in [0, 0.1) is 0 Å². The summed E-state index contributed by atoms with van der Waals surface area (Å²) in [6, 6.07) is 7.66. The molecule has 4 nitrogen and oxygen atoms in total. The highest BCUT2D eigenvalue weighted by atomic mass is 79.9. The van der Waals surface area contributed by atoms with E-state index in [1.54, 1.807) is 24.3 Å². The van der Waals surface area contributed by atoms with Gasteiger partial charge in [0.25, 0.3) is 5.91 Å². The van der Waals surface area contributed by atoms with Crippen molar-refractivity contribution in [3.8, 4) is 0 Å². The number of hydrogen-bond donors (Lipinski definition) is 0. The molecule has 0 N–H and O–H groups in total. The highest BCUT2D eigenvalue weighted by molar-refractivity contribution is 9.10. The number of carbonyl (C=O) groups excluding carboxylic acids is 2. The number of carbonyl (C=O) groups is 2. The first kappa shape index (κ1) is 19.4. The van der Waals surface area contributed by atoms with E-state index in [2.05, 4.69) is 20.8 Å². The van der Waals surface area contributed by atoms with Gasteiger partial charge >= 0.3 is 5.97 Å². The quantitative estimate of drug-likeness (QED) is 0.621. The predicted molar refractivity (Wildman–Crippen MR) is 105 cm³/mol. The van der Waals surface area contributed by atoms with Crippen molar-refractivity contribution in [3.63, 3.8) is 0 Å². The van der Waals surface area contributed by atoms with Crippen LogP contribution in [0.4, 0.5) is 0 Å². The van der Waals surface area contributed by atoms with Gasteiger partial charge in [0, 0.05) is 16.6 Å². The van der Waals surface area contributed by atoms with Crippen LogP contribution in [0.25, 0.3) is 0 Å². The van der Waals surface area contributed by atoms with Gasteiger partial charge in [-0.2, -0.15) is 0 Å². The Hall–Kier alpha value is -1.36. The van der Waals surface area contributed by atoms with Crippen molar-refractivity contribution in [2.24, 2.45) is 0 Å². The first-order chi connectivity index (χ1) is 12.6. The van der Waals surface area contributed by atoms with Crippen LogP contribution in [0.3, 0.4) is 0 Å². The van der Waals surface area contributed by atoms with Crippen molar-refractivity contribution in [2.75, 3.05) is 6.61 Å². The maximum Gasteiger partial charge on any atom is 0.338 e. The third-order valence-corrected chi connectivity index (χ3v) is 6.16. The lowest BCUT2D eigenvalue weighted by Gasteiger charge is -2.41. The molecule has 0 bridgehead atoms. The van der Waals surface area contributed by atoms with Crippen LogP contribution in [0.2, 0.25) is 0 Å². The van der Waals surface area contributed by atoms with E-state index in [0.717, 1.165) is 30.2 Å². The maximum absolute atomic E-state index is 13.0. The number of benzene rings is 1. The van der Waals surface area contributed by atoms with Crippen molar-refractivity contribution >= 4 is 27.8 Å². The van der Waals surface area contributed by atoms with Gasteiger partial charge in [0.2, 0.25) is 0 Å². The normalized spacial score (nSPS) is 19.1. The van der Waals surface area contributed by atoms with E-state index < -0.39 is 5.97 Å². The smallest absolute Gasteiger partial charge is 0.338 e. The van der Waals surface area contributed by atoms with Crippen LogP contribution in [0.15, 0.2) is 28.7 Å². The van der Waals surface area contributed by atoms with Crippen LogP contribution >= 0.6 is 15.9 Å². The summed E-state index contributed by atoms with van der Waals surface area (Å²) in [6.45, 7) is -0.151. The maximum atomic E-state index is 13.0. The molecule has 0 radical (unpaired) electrons. The summed E-state index contributed by atoms with van der Waals surface area (Å²) in [6.07, 6.45) is 11.7. The molecule has 5 heteroatoms. The Kier molecular flexibility index (Phi) is 7.12. The molecule has 0 spiro atoms. The SMILES string of the molecule is O=C(OCC(=O)N(C1CCCCC1)C1CCCCC1)c1ccc(Br)cc1. The largest absolute Gasteiger partial charge is 0.452 e. The van der Waals surface area contributed by atoms with Crippen molar-refractivity contribution in [3.05, 3.63) is 34.3 Å². The fraction of sp³-hybridized carbons (Fsp3) is 0.619. The molecule has 0 aliphatic heterocycles. The average molecular weight is 422 g/mol. The molecule has 0 atom stereocenters. The first-order valence-corrected chi connectivity index (χ1v) is 10.7. The molecule has 142 valence electrons. The summed E-state index contributed by atoms with van der Waals surface area (Å²) < 4.78 is 6.26. The van der Waals surface area contributed by atoms with Crippen molar-refractivity contribution < 1.29 is 14.3 Å². The molecule has 2 aliphatic rings. The number of rotatable bonds is 5. The molecule has 0 heterocycles. The molecule has 1 amide bonds. The molecule has 2 fully saturated rings. The average Bonchev–Trinajstić information content (AvgIpc) is 2.68. The number of halogens is 1. The lowest BCUT2D eigenvalue weighted by Crippen LogP contribution is -2.50. The topological polar surface area (TPSA) is 46.6 Å². The molecule has 0 unspecified atom stereocenters. The van der Waals surface area contributed by atoms with Gasteiger partial charge < -0.3 is 9.64 Å². The van der Waals surface area contributed by atoms with Crippen LogP contribution in [-0.4, -0.2) is 35.5 Å². The molecule has 0 saturated heterocycles. The number of esters is 1. The van der Waals surface area contributed by atoms with E-state index in [-0.39, 0.29) is 12.5 Å². The van der Waals surface area contributed by atoms with Gasteiger partial charge in [-0.25, -0.2) is 4.79 Å². The zero-order valence-corrected chi connectivity index (χ0v) is 16.9. The number of amides is 1.